The number of aryl methyl sites for hydroxylation is 1. The molecule has 5 heteroatoms. The number of aromatic nitrogens is 3. The van der Waals surface area contributed by atoms with Crippen LogP contribution in [-0.2, 0) is 0 Å². The SMILES string of the molecule is CCOc1ccccc1[C@H](C)CNc1cc(-c2ccc(C)nc2)ncn1. The highest BCUT2D eigenvalue weighted by Crippen LogP contribution is 2.27. The van der Waals surface area contributed by atoms with Gasteiger partial charge in [-0.05, 0) is 37.6 Å². The molecule has 0 aliphatic carbocycles. The Balaban J connectivity index is 1.70. The molecule has 26 heavy (non-hydrogen) atoms. The second kappa shape index (κ2) is 8.43. The van der Waals surface area contributed by atoms with Gasteiger partial charge in [-0.15, -0.1) is 0 Å². The van der Waals surface area contributed by atoms with Gasteiger partial charge in [0.1, 0.15) is 17.9 Å². The average molecular weight is 348 g/mol. The van der Waals surface area contributed by atoms with Gasteiger partial charge in [-0.3, -0.25) is 4.98 Å². The molecule has 0 spiro atoms. The summed E-state index contributed by atoms with van der Waals surface area (Å²) in [6, 6.07) is 14.1. The molecule has 0 saturated heterocycles. The summed E-state index contributed by atoms with van der Waals surface area (Å²) in [5.41, 5.74) is 4.02. The summed E-state index contributed by atoms with van der Waals surface area (Å²) in [6.45, 7) is 7.57. The smallest absolute Gasteiger partial charge is 0.129 e. The van der Waals surface area contributed by atoms with Crippen molar-refractivity contribution >= 4 is 5.82 Å². The molecular formula is C21H24N4O. The van der Waals surface area contributed by atoms with E-state index in [1.165, 1.54) is 5.56 Å². The molecule has 0 amide bonds. The van der Waals surface area contributed by atoms with E-state index in [-0.39, 0.29) is 5.92 Å². The topological polar surface area (TPSA) is 59.9 Å². The normalized spacial score (nSPS) is 11.8. The van der Waals surface area contributed by atoms with Crippen molar-refractivity contribution in [3.8, 4) is 17.0 Å². The van der Waals surface area contributed by atoms with E-state index in [1.807, 2.05) is 56.4 Å². The highest BCUT2D eigenvalue weighted by Gasteiger charge is 2.11. The maximum absolute atomic E-state index is 5.74. The molecule has 0 bridgehead atoms. The Labute approximate surface area is 154 Å². The first kappa shape index (κ1) is 17.9. The summed E-state index contributed by atoms with van der Waals surface area (Å²) < 4.78 is 5.74. The molecule has 0 aliphatic rings. The van der Waals surface area contributed by atoms with E-state index in [0.29, 0.717) is 6.61 Å². The summed E-state index contributed by atoms with van der Waals surface area (Å²) >= 11 is 0. The zero-order valence-corrected chi connectivity index (χ0v) is 15.4. The Morgan fingerprint density at radius 3 is 2.69 bits per heavy atom. The minimum atomic E-state index is 0.289. The van der Waals surface area contributed by atoms with Gasteiger partial charge in [-0.1, -0.05) is 25.1 Å². The lowest BCUT2D eigenvalue weighted by Crippen LogP contribution is -2.12. The molecule has 0 fully saturated rings. The van der Waals surface area contributed by atoms with Crippen LogP contribution in [0.2, 0.25) is 0 Å². The lowest BCUT2D eigenvalue weighted by atomic mass is 10.00. The molecule has 3 rings (SSSR count). The third kappa shape index (κ3) is 4.36. The van der Waals surface area contributed by atoms with Crippen LogP contribution in [0.3, 0.4) is 0 Å². The minimum Gasteiger partial charge on any atom is -0.494 e. The van der Waals surface area contributed by atoms with Crippen LogP contribution in [0.25, 0.3) is 11.3 Å². The maximum Gasteiger partial charge on any atom is 0.129 e. The van der Waals surface area contributed by atoms with Gasteiger partial charge < -0.3 is 10.1 Å². The fourth-order valence-corrected chi connectivity index (χ4v) is 2.77. The van der Waals surface area contributed by atoms with Gasteiger partial charge in [0.25, 0.3) is 0 Å². The first-order valence-corrected chi connectivity index (χ1v) is 8.88. The van der Waals surface area contributed by atoms with Crippen molar-refractivity contribution in [1.29, 1.82) is 0 Å². The molecule has 2 aromatic heterocycles. The van der Waals surface area contributed by atoms with Gasteiger partial charge >= 0.3 is 0 Å². The summed E-state index contributed by atoms with van der Waals surface area (Å²) in [5, 5.41) is 3.41. The van der Waals surface area contributed by atoms with Gasteiger partial charge in [-0.2, -0.15) is 0 Å². The Morgan fingerprint density at radius 2 is 1.92 bits per heavy atom. The molecule has 134 valence electrons. The Bertz CT molecular complexity index is 849. The van der Waals surface area contributed by atoms with Gasteiger partial charge in [0, 0.05) is 36.0 Å². The second-order valence-electron chi connectivity index (χ2n) is 6.23. The third-order valence-corrected chi connectivity index (χ3v) is 4.21. The predicted molar refractivity (Wildman–Crippen MR) is 105 cm³/mol. The summed E-state index contributed by atoms with van der Waals surface area (Å²) in [6.07, 6.45) is 3.42. The summed E-state index contributed by atoms with van der Waals surface area (Å²) in [5.74, 6) is 2.03. The molecular weight excluding hydrogens is 324 g/mol. The quantitative estimate of drug-likeness (QED) is 0.683. The zero-order chi connectivity index (χ0) is 18.4. The standard InChI is InChI=1S/C21H24N4O/c1-4-26-20-8-6-5-7-18(20)15(2)12-23-21-11-19(24-14-25-21)17-10-9-16(3)22-13-17/h5-11,13-15H,4,12H2,1-3H3,(H,23,24,25)/t15-/m1/s1. The van der Waals surface area contributed by atoms with Crippen molar-refractivity contribution in [2.45, 2.75) is 26.7 Å². The van der Waals surface area contributed by atoms with Gasteiger partial charge in [0.2, 0.25) is 0 Å². The largest absolute Gasteiger partial charge is 0.494 e. The summed E-state index contributed by atoms with van der Waals surface area (Å²) in [4.78, 5) is 13.0. The number of hydrogen-bond acceptors (Lipinski definition) is 5. The number of pyridine rings is 1. The van der Waals surface area contributed by atoms with Crippen molar-refractivity contribution in [3.63, 3.8) is 0 Å². The van der Waals surface area contributed by atoms with Crippen LogP contribution in [0.4, 0.5) is 5.82 Å². The fraction of sp³-hybridized carbons (Fsp3) is 0.286. The van der Waals surface area contributed by atoms with Crippen LogP contribution in [0, 0.1) is 6.92 Å². The van der Waals surface area contributed by atoms with E-state index in [1.54, 1.807) is 6.33 Å². The number of para-hydroxylation sites is 1. The van der Waals surface area contributed by atoms with Crippen LogP contribution >= 0.6 is 0 Å². The zero-order valence-electron chi connectivity index (χ0n) is 15.4. The van der Waals surface area contributed by atoms with Crippen molar-refractivity contribution in [2.24, 2.45) is 0 Å². The molecule has 1 aromatic carbocycles. The minimum absolute atomic E-state index is 0.289. The molecule has 5 nitrogen and oxygen atoms in total. The molecule has 0 saturated carbocycles. The lowest BCUT2D eigenvalue weighted by molar-refractivity contribution is 0.335. The Morgan fingerprint density at radius 1 is 1.08 bits per heavy atom. The van der Waals surface area contributed by atoms with Crippen molar-refractivity contribution in [2.75, 3.05) is 18.5 Å². The fourth-order valence-electron chi connectivity index (χ4n) is 2.77. The van der Waals surface area contributed by atoms with Gasteiger partial charge in [0.05, 0.1) is 12.3 Å². The van der Waals surface area contributed by atoms with E-state index >= 15 is 0 Å². The van der Waals surface area contributed by atoms with E-state index in [9.17, 15) is 0 Å². The molecule has 3 aromatic rings. The molecule has 1 atom stereocenters. The van der Waals surface area contributed by atoms with E-state index in [0.717, 1.165) is 35.1 Å². The molecule has 1 N–H and O–H groups in total. The van der Waals surface area contributed by atoms with Gasteiger partial charge in [0.15, 0.2) is 0 Å². The van der Waals surface area contributed by atoms with Crippen LogP contribution < -0.4 is 10.1 Å². The number of ether oxygens (including phenoxy) is 1. The number of nitrogens with zero attached hydrogens (tertiary/aromatic N) is 3. The highest BCUT2D eigenvalue weighted by atomic mass is 16.5. The van der Waals surface area contributed by atoms with Crippen molar-refractivity contribution in [1.82, 2.24) is 15.0 Å². The van der Waals surface area contributed by atoms with Crippen molar-refractivity contribution < 1.29 is 4.74 Å². The Kier molecular flexibility index (Phi) is 5.79. The highest BCUT2D eigenvalue weighted by molar-refractivity contribution is 5.61. The Hall–Kier alpha value is -2.95. The number of rotatable bonds is 7. The summed E-state index contributed by atoms with van der Waals surface area (Å²) in [7, 11) is 0. The third-order valence-electron chi connectivity index (χ3n) is 4.21. The second-order valence-corrected chi connectivity index (χ2v) is 6.23. The molecule has 0 aliphatic heterocycles. The van der Waals surface area contributed by atoms with Crippen molar-refractivity contribution in [3.05, 3.63) is 66.2 Å². The number of hydrogen-bond donors (Lipinski definition) is 1. The van der Waals surface area contributed by atoms with Gasteiger partial charge in [-0.25, -0.2) is 9.97 Å². The lowest BCUT2D eigenvalue weighted by Gasteiger charge is -2.17. The first-order chi connectivity index (χ1) is 12.7. The number of anilines is 1. The molecule has 2 heterocycles. The van der Waals surface area contributed by atoms with Crippen LogP contribution in [0.1, 0.15) is 31.0 Å². The van der Waals surface area contributed by atoms with Crippen LogP contribution in [0.15, 0.2) is 55.0 Å². The monoisotopic (exact) mass is 348 g/mol. The molecule has 0 unspecified atom stereocenters. The maximum atomic E-state index is 5.74. The predicted octanol–water partition coefficient (Wildman–Crippen LogP) is 4.46. The van der Waals surface area contributed by atoms with E-state index in [2.05, 4.69) is 33.3 Å². The molecule has 0 radical (unpaired) electrons. The first-order valence-electron chi connectivity index (χ1n) is 8.88. The van der Waals surface area contributed by atoms with Crippen LogP contribution in [0.5, 0.6) is 5.75 Å². The van der Waals surface area contributed by atoms with E-state index < -0.39 is 0 Å². The average Bonchev–Trinajstić information content (AvgIpc) is 2.68. The van der Waals surface area contributed by atoms with E-state index in [4.69, 9.17) is 4.74 Å². The number of benzene rings is 1. The number of nitrogens with one attached hydrogen (secondary N) is 1. The van der Waals surface area contributed by atoms with Crippen LogP contribution in [-0.4, -0.2) is 28.1 Å².